The number of hydrogen-bond donors (Lipinski definition) is 2. The largest absolute Gasteiger partial charge is 0.468 e. The van der Waals surface area contributed by atoms with Gasteiger partial charge in [-0.25, -0.2) is 0 Å². The van der Waals surface area contributed by atoms with E-state index in [2.05, 4.69) is 9.47 Å². The summed E-state index contributed by atoms with van der Waals surface area (Å²) in [6.07, 6.45) is 4.07. The van der Waals surface area contributed by atoms with Crippen LogP contribution in [0.2, 0.25) is 0 Å². The summed E-state index contributed by atoms with van der Waals surface area (Å²) in [7, 11) is 2.55. The Labute approximate surface area is 94.6 Å². The van der Waals surface area contributed by atoms with E-state index in [0.717, 1.165) is 0 Å². The number of carbonyl (C=O) groups excluding carboxylic acids is 2. The van der Waals surface area contributed by atoms with Gasteiger partial charge in [-0.05, 0) is 12.8 Å². The van der Waals surface area contributed by atoms with Gasteiger partial charge >= 0.3 is 11.9 Å². The van der Waals surface area contributed by atoms with Gasteiger partial charge < -0.3 is 20.9 Å². The van der Waals surface area contributed by atoms with Crippen molar-refractivity contribution in [1.82, 2.24) is 0 Å². The number of methoxy groups -OCH3 is 2. The van der Waals surface area contributed by atoms with E-state index in [9.17, 15) is 9.59 Å². The van der Waals surface area contributed by atoms with E-state index in [1.165, 1.54) is 14.2 Å². The van der Waals surface area contributed by atoms with Crippen LogP contribution in [0.25, 0.3) is 0 Å². The minimum Gasteiger partial charge on any atom is -0.468 e. The molecule has 92 valence electrons. The first-order valence-electron chi connectivity index (χ1n) is 4.84. The molecule has 2 atom stereocenters. The van der Waals surface area contributed by atoms with Crippen molar-refractivity contribution >= 4 is 11.9 Å². The van der Waals surface area contributed by atoms with Gasteiger partial charge in [-0.2, -0.15) is 0 Å². The zero-order valence-electron chi connectivity index (χ0n) is 9.51. The number of esters is 2. The average molecular weight is 230 g/mol. The van der Waals surface area contributed by atoms with E-state index in [1.807, 2.05) is 0 Å². The standard InChI is InChI=1S/C10H18N2O4/c1-15-9(13)7(11)5-3-4-6-8(12)10(14)16-2/h3-4,7-8H,5-6,11-12H2,1-2H3/b4-3-/t7-,8?/m0/s1. The molecule has 0 rings (SSSR count). The molecule has 0 bridgehead atoms. The van der Waals surface area contributed by atoms with Crippen molar-refractivity contribution in [3.63, 3.8) is 0 Å². The van der Waals surface area contributed by atoms with Crippen LogP contribution in [-0.2, 0) is 19.1 Å². The molecule has 0 heterocycles. The molecule has 6 heteroatoms. The van der Waals surface area contributed by atoms with Crippen LogP contribution in [-0.4, -0.2) is 38.2 Å². The molecular weight excluding hydrogens is 212 g/mol. The second-order valence-corrected chi connectivity index (χ2v) is 3.20. The second kappa shape index (κ2) is 7.84. The SMILES string of the molecule is COC(=O)C(N)C/C=C\C[C@H](N)C(=O)OC. The van der Waals surface area contributed by atoms with Crippen LogP contribution in [0.4, 0.5) is 0 Å². The van der Waals surface area contributed by atoms with Gasteiger partial charge in [0.1, 0.15) is 12.1 Å². The van der Waals surface area contributed by atoms with Crippen LogP contribution in [0.15, 0.2) is 12.2 Å². The predicted octanol–water partition coefficient (Wildman–Crippen LogP) is -0.677. The van der Waals surface area contributed by atoms with Gasteiger partial charge in [-0.3, -0.25) is 9.59 Å². The fourth-order valence-electron chi connectivity index (χ4n) is 0.981. The molecule has 0 aliphatic carbocycles. The Bertz CT molecular complexity index is 240. The molecule has 0 spiro atoms. The van der Waals surface area contributed by atoms with E-state index in [-0.39, 0.29) is 0 Å². The highest BCUT2D eigenvalue weighted by Crippen LogP contribution is 1.97. The molecule has 0 amide bonds. The Morgan fingerprint density at radius 2 is 1.31 bits per heavy atom. The van der Waals surface area contributed by atoms with Gasteiger partial charge in [0.15, 0.2) is 0 Å². The quantitative estimate of drug-likeness (QED) is 0.463. The molecule has 0 aromatic carbocycles. The molecule has 0 fully saturated rings. The molecular formula is C10H18N2O4. The van der Waals surface area contributed by atoms with Crippen molar-refractivity contribution in [1.29, 1.82) is 0 Å². The molecule has 4 N–H and O–H groups in total. The van der Waals surface area contributed by atoms with Gasteiger partial charge in [-0.1, -0.05) is 12.2 Å². The maximum absolute atomic E-state index is 10.9. The number of hydrogen-bond acceptors (Lipinski definition) is 6. The minimum absolute atomic E-state index is 0.348. The van der Waals surface area contributed by atoms with Crippen molar-refractivity contribution in [3.05, 3.63) is 12.2 Å². The molecule has 0 aromatic rings. The highest BCUT2D eigenvalue weighted by Gasteiger charge is 2.12. The van der Waals surface area contributed by atoms with Crippen LogP contribution in [0.3, 0.4) is 0 Å². The monoisotopic (exact) mass is 230 g/mol. The smallest absolute Gasteiger partial charge is 0.322 e. The van der Waals surface area contributed by atoms with Crippen LogP contribution in [0, 0.1) is 0 Å². The third-order valence-electron chi connectivity index (χ3n) is 1.95. The number of ether oxygens (including phenoxy) is 2. The molecule has 0 aromatic heterocycles. The number of nitrogens with two attached hydrogens (primary N) is 2. The summed E-state index contributed by atoms with van der Waals surface area (Å²) in [5, 5.41) is 0. The fraction of sp³-hybridized carbons (Fsp3) is 0.600. The first kappa shape index (κ1) is 14.6. The molecule has 0 aliphatic rings. The molecule has 0 radical (unpaired) electrons. The van der Waals surface area contributed by atoms with E-state index >= 15 is 0 Å². The maximum Gasteiger partial charge on any atom is 0.322 e. The molecule has 0 aliphatic heterocycles. The van der Waals surface area contributed by atoms with Crippen LogP contribution in [0.1, 0.15) is 12.8 Å². The van der Waals surface area contributed by atoms with E-state index in [0.29, 0.717) is 12.8 Å². The average Bonchev–Trinajstić information content (AvgIpc) is 2.31. The van der Waals surface area contributed by atoms with Crippen LogP contribution >= 0.6 is 0 Å². The highest BCUT2D eigenvalue weighted by molar-refractivity contribution is 5.76. The molecule has 0 saturated heterocycles. The summed E-state index contributed by atoms with van der Waals surface area (Å²) in [4.78, 5) is 21.8. The lowest BCUT2D eigenvalue weighted by atomic mass is 10.1. The summed E-state index contributed by atoms with van der Waals surface area (Å²) in [6, 6.07) is -1.37. The summed E-state index contributed by atoms with van der Waals surface area (Å²) >= 11 is 0. The van der Waals surface area contributed by atoms with Crippen molar-refractivity contribution in [2.75, 3.05) is 14.2 Å². The van der Waals surface area contributed by atoms with E-state index < -0.39 is 24.0 Å². The second-order valence-electron chi connectivity index (χ2n) is 3.20. The third-order valence-corrected chi connectivity index (χ3v) is 1.95. The van der Waals surface area contributed by atoms with Gasteiger partial charge in [0, 0.05) is 0 Å². The number of rotatable bonds is 6. The lowest BCUT2D eigenvalue weighted by molar-refractivity contribution is -0.142. The predicted molar refractivity (Wildman–Crippen MR) is 58.4 cm³/mol. The van der Waals surface area contributed by atoms with Gasteiger partial charge in [0.25, 0.3) is 0 Å². The van der Waals surface area contributed by atoms with Crippen molar-refractivity contribution in [2.45, 2.75) is 24.9 Å². The normalized spacial score (nSPS) is 14.5. The van der Waals surface area contributed by atoms with Crippen molar-refractivity contribution in [3.8, 4) is 0 Å². The fourth-order valence-corrected chi connectivity index (χ4v) is 0.981. The Kier molecular flexibility index (Phi) is 7.15. The van der Waals surface area contributed by atoms with E-state index in [1.54, 1.807) is 12.2 Å². The number of carbonyl (C=O) groups is 2. The lowest BCUT2D eigenvalue weighted by Gasteiger charge is -2.06. The Balaban J connectivity index is 3.86. The maximum atomic E-state index is 10.9. The van der Waals surface area contributed by atoms with Crippen molar-refractivity contribution in [2.24, 2.45) is 11.5 Å². The summed E-state index contributed by atoms with van der Waals surface area (Å²) in [5.74, 6) is -0.941. The van der Waals surface area contributed by atoms with Crippen LogP contribution < -0.4 is 11.5 Å². The lowest BCUT2D eigenvalue weighted by Crippen LogP contribution is -2.31. The molecule has 6 nitrogen and oxygen atoms in total. The third kappa shape index (κ3) is 5.47. The topological polar surface area (TPSA) is 105 Å². The zero-order chi connectivity index (χ0) is 12.6. The Morgan fingerprint density at radius 1 is 1.00 bits per heavy atom. The van der Waals surface area contributed by atoms with Crippen LogP contribution in [0.5, 0.6) is 0 Å². The first-order chi connectivity index (χ1) is 7.52. The Hall–Kier alpha value is -1.40. The molecule has 1 unspecified atom stereocenters. The zero-order valence-corrected chi connectivity index (χ0v) is 9.51. The summed E-state index contributed by atoms with van der Waals surface area (Å²) < 4.78 is 8.90. The summed E-state index contributed by atoms with van der Waals surface area (Å²) in [6.45, 7) is 0. The molecule has 0 saturated carbocycles. The highest BCUT2D eigenvalue weighted by atomic mass is 16.5. The van der Waals surface area contributed by atoms with Crippen molar-refractivity contribution < 1.29 is 19.1 Å². The van der Waals surface area contributed by atoms with Gasteiger partial charge in [0.2, 0.25) is 0 Å². The molecule has 16 heavy (non-hydrogen) atoms. The first-order valence-corrected chi connectivity index (χ1v) is 4.84. The minimum atomic E-state index is -0.685. The van der Waals surface area contributed by atoms with Gasteiger partial charge in [0.05, 0.1) is 14.2 Å². The summed E-state index contributed by atoms with van der Waals surface area (Å²) in [5.41, 5.74) is 11.0. The van der Waals surface area contributed by atoms with Gasteiger partial charge in [-0.15, -0.1) is 0 Å². The van der Waals surface area contributed by atoms with E-state index in [4.69, 9.17) is 11.5 Å². The Morgan fingerprint density at radius 3 is 1.56 bits per heavy atom.